The highest BCUT2D eigenvalue weighted by Gasteiger charge is 2.27. The number of rotatable bonds is 6. The monoisotopic (exact) mass is 463 g/mol. The molecule has 1 saturated heterocycles. The van der Waals surface area contributed by atoms with Crippen LogP contribution in [0.2, 0.25) is 0 Å². The number of carbonyl (C=O) groups is 1. The summed E-state index contributed by atoms with van der Waals surface area (Å²) in [5.41, 5.74) is 8.31. The predicted octanol–water partition coefficient (Wildman–Crippen LogP) is 2.18. The fourth-order valence-electron chi connectivity index (χ4n) is 4.71. The van der Waals surface area contributed by atoms with E-state index in [1.54, 1.807) is 18.5 Å². The van der Waals surface area contributed by atoms with E-state index < -0.39 is 5.91 Å². The van der Waals surface area contributed by atoms with Crippen molar-refractivity contribution >= 4 is 28.4 Å². The van der Waals surface area contributed by atoms with Gasteiger partial charge in [-0.15, -0.1) is 0 Å². The number of primary amides is 1. The molecule has 1 aliphatic heterocycles. The maximum Gasteiger partial charge on any atom is 0.267 e. The SMILES string of the molecule is CN(c1cc(C(N)=O)ncn1)C1CCC(Oc2cc(N3CCOCC3)cc3nccnc23)CC1. The molecule has 3 aromatic rings. The third-order valence-electron chi connectivity index (χ3n) is 6.65. The minimum atomic E-state index is -0.552. The Morgan fingerprint density at radius 3 is 2.59 bits per heavy atom. The van der Waals surface area contributed by atoms with E-state index in [9.17, 15) is 4.79 Å². The number of nitrogens with two attached hydrogens (primary N) is 1. The average molecular weight is 464 g/mol. The number of fused-ring (bicyclic) bond motifs is 1. The second-order valence-corrected chi connectivity index (χ2v) is 8.75. The zero-order valence-corrected chi connectivity index (χ0v) is 19.3. The number of carbonyl (C=O) groups excluding carboxylic acids is 1. The van der Waals surface area contributed by atoms with Crippen LogP contribution in [0.4, 0.5) is 11.5 Å². The summed E-state index contributed by atoms with van der Waals surface area (Å²) in [6.45, 7) is 3.14. The fraction of sp³-hybridized carbons (Fsp3) is 0.458. The summed E-state index contributed by atoms with van der Waals surface area (Å²) in [5, 5.41) is 0. The van der Waals surface area contributed by atoms with Crippen molar-refractivity contribution in [2.24, 2.45) is 5.73 Å². The first-order valence-corrected chi connectivity index (χ1v) is 11.7. The molecule has 0 unspecified atom stereocenters. The number of nitrogens with zero attached hydrogens (tertiary/aromatic N) is 6. The van der Waals surface area contributed by atoms with E-state index in [2.05, 4.69) is 41.9 Å². The predicted molar refractivity (Wildman–Crippen MR) is 128 cm³/mol. The van der Waals surface area contributed by atoms with Crippen molar-refractivity contribution in [2.45, 2.75) is 37.8 Å². The van der Waals surface area contributed by atoms with Crippen LogP contribution in [-0.4, -0.2) is 71.3 Å². The van der Waals surface area contributed by atoms with E-state index in [4.69, 9.17) is 15.2 Å². The van der Waals surface area contributed by atoms with Gasteiger partial charge in [0.2, 0.25) is 0 Å². The lowest BCUT2D eigenvalue weighted by molar-refractivity contribution is 0.0995. The first kappa shape index (κ1) is 22.3. The largest absolute Gasteiger partial charge is 0.488 e. The van der Waals surface area contributed by atoms with Crippen molar-refractivity contribution in [3.8, 4) is 5.75 Å². The van der Waals surface area contributed by atoms with Crippen molar-refractivity contribution in [2.75, 3.05) is 43.2 Å². The van der Waals surface area contributed by atoms with Crippen LogP contribution in [0.5, 0.6) is 5.75 Å². The molecule has 34 heavy (non-hydrogen) atoms. The molecule has 2 aromatic heterocycles. The van der Waals surface area contributed by atoms with Crippen LogP contribution in [0, 0.1) is 0 Å². The summed E-state index contributed by atoms with van der Waals surface area (Å²) < 4.78 is 12.0. The van der Waals surface area contributed by atoms with Gasteiger partial charge in [0, 0.05) is 56.4 Å². The van der Waals surface area contributed by atoms with Crippen LogP contribution < -0.4 is 20.3 Å². The van der Waals surface area contributed by atoms with Crippen LogP contribution in [0.1, 0.15) is 36.2 Å². The van der Waals surface area contributed by atoms with Gasteiger partial charge in [0.1, 0.15) is 29.1 Å². The second kappa shape index (κ2) is 9.76. The smallest absolute Gasteiger partial charge is 0.267 e. The third-order valence-corrected chi connectivity index (χ3v) is 6.65. The Labute approximate surface area is 198 Å². The fourth-order valence-corrected chi connectivity index (χ4v) is 4.71. The molecular formula is C24H29N7O3. The molecule has 2 fully saturated rings. The van der Waals surface area contributed by atoms with E-state index in [0.717, 1.165) is 74.5 Å². The topological polar surface area (TPSA) is 120 Å². The van der Waals surface area contributed by atoms with Gasteiger partial charge in [0.25, 0.3) is 5.91 Å². The van der Waals surface area contributed by atoms with E-state index in [1.165, 1.54) is 6.33 Å². The molecule has 0 spiro atoms. The number of hydrogen-bond donors (Lipinski definition) is 1. The molecule has 0 bridgehead atoms. The van der Waals surface area contributed by atoms with Crippen molar-refractivity contribution < 1.29 is 14.3 Å². The van der Waals surface area contributed by atoms with Gasteiger partial charge in [-0.2, -0.15) is 0 Å². The summed E-state index contributed by atoms with van der Waals surface area (Å²) in [4.78, 5) is 33.2. The van der Waals surface area contributed by atoms with Gasteiger partial charge in [-0.3, -0.25) is 9.78 Å². The molecule has 2 N–H and O–H groups in total. The van der Waals surface area contributed by atoms with Gasteiger partial charge in [0.05, 0.1) is 24.8 Å². The van der Waals surface area contributed by atoms with Gasteiger partial charge >= 0.3 is 0 Å². The van der Waals surface area contributed by atoms with E-state index in [-0.39, 0.29) is 11.8 Å². The molecule has 10 nitrogen and oxygen atoms in total. The Kier molecular flexibility index (Phi) is 6.39. The molecule has 2 aliphatic rings. The van der Waals surface area contributed by atoms with Crippen molar-refractivity contribution in [3.05, 3.63) is 42.6 Å². The summed E-state index contributed by atoms with van der Waals surface area (Å²) in [5.74, 6) is 0.933. The Hall–Kier alpha value is -3.53. The van der Waals surface area contributed by atoms with Gasteiger partial charge < -0.3 is 25.0 Å². The highest BCUT2D eigenvalue weighted by Crippen LogP contribution is 2.34. The number of amides is 1. The Morgan fingerprint density at radius 2 is 1.82 bits per heavy atom. The molecule has 5 rings (SSSR count). The zero-order chi connectivity index (χ0) is 23.5. The summed E-state index contributed by atoms with van der Waals surface area (Å²) >= 11 is 0. The number of benzene rings is 1. The normalized spacial score (nSPS) is 20.8. The Morgan fingerprint density at radius 1 is 1.06 bits per heavy atom. The molecule has 0 atom stereocenters. The first-order chi connectivity index (χ1) is 16.6. The van der Waals surface area contributed by atoms with Crippen LogP contribution in [0.3, 0.4) is 0 Å². The van der Waals surface area contributed by atoms with E-state index in [0.29, 0.717) is 11.9 Å². The maximum atomic E-state index is 11.5. The summed E-state index contributed by atoms with van der Waals surface area (Å²) in [7, 11) is 1.99. The molecule has 1 amide bonds. The van der Waals surface area contributed by atoms with Crippen molar-refractivity contribution in [1.29, 1.82) is 0 Å². The van der Waals surface area contributed by atoms with Crippen LogP contribution >= 0.6 is 0 Å². The van der Waals surface area contributed by atoms with Gasteiger partial charge in [-0.1, -0.05) is 0 Å². The lowest BCUT2D eigenvalue weighted by Crippen LogP contribution is -2.38. The van der Waals surface area contributed by atoms with Gasteiger partial charge in [-0.25, -0.2) is 15.0 Å². The number of morpholine rings is 1. The first-order valence-electron chi connectivity index (χ1n) is 11.7. The van der Waals surface area contributed by atoms with Crippen molar-refractivity contribution in [1.82, 2.24) is 19.9 Å². The molecule has 178 valence electrons. The van der Waals surface area contributed by atoms with Crippen LogP contribution in [0.15, 0.2) is 36.9 Å². The van der Waals surface area contributed by atoms with Crippen LogP contribution in [0.25, 0.3) is 11.0 Å². The van der Waals surface area contributed by atoms with Gasteiger partial charge in [-0.05, 0) is 31.7 Å². The maximum absolute atomic E-state index is 11.5. The van der Waals surface area contributed by atoms with Crippen molar-refractivity contribution in [3.63, 3.8) is 0 Å². The number of aromatic nitrogens is 4. The lowest BCUT2D eigenvalue weighted by Gasteiger charge is -2.35. The minimum absolute atomic E-state index is 0.0985. The quantitative estimate of drug-likeness (QED) is 0.586. The molecule has 0 radical (unpaired) electrons. The van der Waals surface area contributed by atoms with E-state index in [1.807, 2.05) is 7.05 Å². The van der Waals surface area contributed by atoms with Gasteiger partial charge in [0.15, 0.2) is 0 Å². The second-order valence-electron chi connectivity index (χ2n) is 8.75. The van der Waals surface area contributed by atoms with Crippen LogP contribution in [-0.2, 0) is 4.74 Å². The molecule has 1 saturated carbocycles. The third kappa shape index (κ3) is 4.72. The molecule has 3 heterocycles. The molecule has 10 heteroatoms. The van der Waals surface area contributed by atoms with E-state index >= 15 is 0 Å². The Bertz CT molecular complexity index is 1160. The summed E-state index contributed by atoms with van der Waals surface area (Å²) in [6, 6.07) is 6.11. The minimum Gasteiger partial charge on any atom is -0.488 e. The lowest BCUT2D eigenvalue weighted by atomic mass is 9.92. The molecule has 1 aliphatic carbocycles. The number of anilines is 2. The summed E-state index contributed by atoms with van der Waals surface area (Å²) in [6.07, 6.45) is 8.62. The Balaban J connectivity index is 1.28. The number of ether oxygens (including phenoxy) is 2. The highest BCUT2D eigenvalue weighted by atomic mass is 16.5. The molecule has 1 aromatic carbocycles. The number of hydrogen-bond acceptors (Lipinski definition) is 9. The highest BCUT2D eigenvalue weighted by molar-refractivity contribution is 5.91. The molecular weight excluding hydrogens is 434 g/mol. The average Bonchev–Trinajstić information content (AvgIpc) is 2.89. The standard InChI is InChI=1S/C24H29N7O3/c1-30(22-14-20(24(25)32)28-15-29-22)16-2-4-18(5-3-16)34-21-13-17(31-8-10-33-11-9-31)12-19-23(21)27-7-6-26-19/h6-7,12-16,18H,2-5,8-11H2,1H3,(H2,25,32). The zero-order valence-electron chi connectivity index (χ0n) is 19.3.